The van der Waals surface area contributed by atoms with E-state index >= 15 is 0 Å². The molecule has 1 nitrogen and oxygen atoms in total. The zero-order chi connectivity index (χ0) is 24.2. The van der Waals surface area contributed by atoms with Gasteiger partial charge in [0.1, 0.15) is 0 Å². The van der Waals surface area contributed by atoms with Gasteiger partial charge in [-0.05, 0) is 93.1 Å². The molecule has 2 heteroatoms. The third-order valence-electron chi connectivity index (χ3n) is 7.38. The number of nitrogens with two attached hydrogens (primary N) is 1. The molecule has 0 saturated heterocycles. The second-order valence-corrected chi connectivity index (χ2v) is 10.1. The third-order valence-corrected chi connectivity index (χ3v) is 7.63. The van der Waals surface area contributed by atoms with Gasteiger partial charge in [0, 0.05) is 11.6 Å². The lowest BCUT2D eigenvalue weighted by molar-refractivity contribution is 0.518. The van der Waals surface area contributed by atoms with Crippen LogP contribution < -0.4 is 5.73 Å². The van der Waals surface area contributed by atoms with E-state index in [1.54, 1.807) is 0 Å². The maximum Gasteiger partial charge on any atom is 0.0406 e. The molecule has 0 spiro atoms. The number of fused-ring (bicyclic) bond motifs is 2. The quantitative estimate of drug-likeness (QED) is 0.237. The highest BCUT2D eigenvalue weighted by Gasteiger charge is 2.23. The van der Waals surface area contributed by atoms with Crippen molar-refractivity contribution in [2.45, 2.75) is 44.6 Å². The van der Waals surface area contributed by atoms with Gasteiger partial charge in [-0.2, -0.15) is 0 Å². The van der Waals surface area contributed by atoms with E-state index in [-0.39, 0.29) is 0 Å². The van der Waals surface area contributed by atoms with Crippen LogP contribution >= 0.6 is 11.6 Å². The van der Waals surface area contributed by atoms with Crippen LogP contribution in [0.4, 0.5) is 0 Å². The van der Waals surface area contributed by atoms with Crippen LogP contribution in [0.25, 0.3) is 21.5 Å². The Bertz CT molecular complexity index is 1440. The van der Waals surface area contributed by atoms with E-state index in [2.05, 4.69) is 97.9 Å². The second-order valence-electron chi connectivity index (χ2n) is 9.63. The van der Waals surface area contributed by atoms with Crippen LogP contribution in [-0.4, -0.2) is 0 Å². The van der Waals surface area contributed by atoms with Gasteiger partial charge in [-0.1, -0.05) is 103 Å². The first kappa shape index (κ1) is 23.6. The fraction of sp³-hybridized carbons (Fsp3) is 0.212. The van der Waals surface area contributed by atoms with Crippen LogP contribution in [0.1, 0.15) is 53.9 Å². The highest BCUT2D eigenvalue weighted by molar-refractivity contribution is 6.30. The van der Waals surface area contributed by atoms with Crippen LogP contribution in [0.15, 0.2) is 103 Å². The molecule has 176 valence electrons. The molecule has 2 unspecified atom stereocenters. The third kappa shape index (κ3) is 5.27. The Hall–Kier alpha value is -3.13. The number of hydrogen-bond donors (Lipinski definition) is 1. The summed E-state index contributed by atoms with van der Waals surface area (Å²) in [5.41, 5.74) is 11.4. The Kier molecular flexibility index (Phi) is 7.18. The topological polar surface area (TPSA) is 26.0 Å². The highest BCUT2D eigenvalue weighted by atomic mass is 35.5. The summed E-state index contributed by atoms with van der Waals surface area (Å²) in [5.74, 6) is 0.744. The Morgan fingerprint density at radius 1 is 0.714 bits per heavy atom. The highest BCUT2D eigenvalue weighted by Crippen LogP contribution is 2.40. The van der Waals surface area contributed by atoms with Crippen molar-refractivity contribution >= 4 is 33.1 Å². The van der Waals surface area contributed by atoms with E-state index in [9.17, 15) is 0 Å². The van der Waals surface area contributed by atoms with Gasteiger partial charge in [-0.25, -0.2) is 0 Å². The number of hydrogen-bond acceptors (Lipinski definition) is 1. The minimum Gasteiger partial charge on any atom is -0.326 e. The lowest BCUT2D eigenvalue weighted by Crippen LogP contribution is -2.11. The fourth-order valence-corrected chi connectivity index (χ4v) is 5.58. The van der Waals surface area contributed by atoms with E-state index in [0.29, 0.717) is 18.4 Å². The largest absolute Gasteiger partial charge is 0.326 e. The minimum atomic E-state index is 0.351. The van der Waals surface area contributed by atoms with Crippen molar-refractivity contribution in [3.8, 4) is 0 Å². The fourth-order valence-electron chi connectivity index (χ4n) is 5.45. The van der Waals surface area contributed by atoms with Gasteiger partial charge in [-0.15, -0.1) is 0 Å². The summed E-state index contributed by atoms with van der Waals surface area (Å²) >= 11 is 6.25. The summed E-state index contributed by atoms with van der Waals surface area (Å²) in [6.45, 7) is 2.93. The summed E-state index contributed by atoms with van der Waals surface area (Å²) in [6, 6.07) is 37.1. The molecule has 0 bridgehead atoms. The minimum absolute atomic E-state index is 0.351. The molecule has 0 heterocycles. The molecule has 2 N–H and O–H groups in total. The SMILES string of the molecule is CC(c1cc(CN)cc2ccccc12)C(CCCc1ccc2ccccc2c1)c1ccc(Cl)cc1. The van der Waals surface area contributed by atoms with Crippen molar-refractivity contribution in [1.29, 1.82) is 0 Å². The summed E-state index contributed by atoms with van der Waals surface area (Å²) in [5, 5.41) is 5.99. The molecule has 2 atom stereocenters. The summed E-state index contributed by atoms with van der Waals surface area (Å²) in [7, 11) is 0. The molecular formula is C33H32ClN. The predicted octanol–water partition coefficient (Wildman–Crippen LogP) is 9.02. The van der Waals surface area contributed by atoms with Gasteiger partial charge >= 0.3 is 0 Å². The average molecular weight is 478 g/mol. The van der Waals surface area contributed by atoms with E-state index in [1.807, 2.05) is 12.1 Å². The first-order valence-corrected chi connectivity index (χ1v) is 12.9. The van der Waals surface area contributed by atoms with Crippen molar-refractivity contribution in [1.82, 2.24) is 0 Å². The van der Waals surface area contributed by atoms with Gasteiger partial charge in [0.2, 0.25) is 0 Å². The number of aryl methyl sites for hydroxylation is 1. The van der Waals surface area contributed by atoms with Crippen LogP contribution in [0.2, 0.25) is 5.02 Å². The van der Waals surface area contributed by atoms with Crippen LogP contribution in [0, 0.1) is 0 Å². The Labute approximate surface area is 213 Å². The van der Waals surface area contributed by atoms with Gasteiger partial charge in [0.15, 0.2) is 0 Å². The molecule has 0 radical (unpaired) electrons. The van der Waals surface area contributed by atoms with Crippen molar-refractivity contribution in [2.75, 3.05) is 0 Å². The van der Waals surface area contributed by atoms with Crippen LogP contribution in [-0.2, 0) is 13.0 Å². The van der Waals surface area contributed by atoms with Crippen molar-refractivity contribution in [3.63, 3.8) is 0 Å². The van der Waals surface area contributed by atoms with E-state index in [0.717, 1.165) is 24.3 Å². The molecule has 5 aromatic rings. The Morgan fingerprint density at radius 2 is 1.40 bits per heavy atom. The number of benzene rings is 5. The molecule has 0 aliphatic carbocycles. The first-order valence-electron chi connectivity index (χ1n) is 12.6. The maximum atomic E-state index is 6.25. The van der Waals surface area contributed by atoms with Gasteiger partial charge in [0.05, 0.1) is 0 Å². The zero-order valence-corrected chi connectivity index (χ0v) is 21.0. The van der Waals surface area contributed by atoms with Crippen molar-refractivity contribution < 1.29 is 0 Å². The summed E-state index contributed by atoms with van der Waals surface area (Å²) in [4.78, 5) is 0. The standard InChI is InChI=1S/C33H32ClN/c1-23(33-21-25(22-35)20-29-10-4-5-11-32(29)33)31(27-15-17-30(34)18-16-27)12-6-7-24-13-14-26-8-2-3-9-28(26)19-24/h2-5,8-11,13-21,23,31H,6-7,12,22,35H2,1H3. The van der Waals surface area contributed by atoms with Crippen molar-refractivity contribution in [3.05, 3.63) is 130 Å². The van der Waals surface area contributed by atoms with Crippen LogP contribution in [0.5, 0.6) is 0 Å². The summed E-state index contributed by atoms with van der Waals surface area (Å²) < 4.78 is 0. The van der Waals surface area contributed by atoms with Crippen LogP contribution in [0.3, 0.4) is 0 Å². The lowest BCUT2D eigenvalue weighted by Gasteiger charge is -2.27. The first-order chi connectivity index (χ1) is 17.1. The molecular weight excluding hydrogens is 446 g/mol. The predicted molar refractivity (Wildman–Crippen MR) is 151 cm³/mol. The average Bonchev–Trinajstić information content (AvgIpc) is 2.90. The normalized spacial score (nSPS) is 13.2. The molecule has 0 aromatic heterocycles. The lowest BCUT2D eigenvalue weighted by atomic mass is 9.77. The van der Waals surface area contributed by atoms with Gasteiger partial charge in [-0.3, -0.25) is 0 Å². The second kappa shape index (κ2) is 10.6. The van der Waals surface area contributed by atoms with E-state index in [1.165, 1.54) is 43.8 Å². The molecule has 5 aromatic carbocycles. The Morgan fingerprint density at radius 3 is 2.17 bits per heavy atom. The molecule has 0 saturated carbocycles. The molecule has 0 aliphatic heterocycles. The van der Waals surface area contributed by atoms with Gasteiger partial charge in [0.25, 0.3) is 0 Å². The molecule has 5 rings (SSSR count). The molecule has 35 heavy (non-hydrogen) atoms. The zero-order valence-electron chi connectivity index (χ0n) is 20.3. The maximum absolute atomic E-state index is 6.25. The van der Waals surface area contributed by atoms with E-state index < -0.39 is 0 Å². The van der Waals surface area contributed by atoms with E-state index in [4.69, 9.17) is 17.3 Å². The summed E-state index contributed by atoms with van der Waals surface area (Å²) in [6.07, 6.45) is 3.31. The monoisotopic (exact) mass is 477 g/mol. The molecule has 0 fully saturated rings. The molecule has 0 aliphatic rings. The van der Waals surface area contributed by atoms with Crippen molar-refractivity contribution in [2.24, 2.45) is 5.73 Å². The molecule has 0 amide bonds. The number of halogens is 1. The number of rotatable bonds is 8. The smallest absolute Gasteiger partial charge is 0.0406 e. The van der Waals surface area contributed by atoms with Gasteiger partial charge < -0.3 is 5.73 Å². The Balaban J connectivity index is 1.44.